The van der Waals surface area contributed by atoms with Gasteiger partial charge in [0.1, 0.15) is 5.76 Å². The number of furan rings is 1. The summed E-state index contributed by atoms with van der Waals surface area (Å²) in [5.41, 5.74) is 0. The molecule has 0 aromatic carbocycles. The first kappa shape index (κ1) is 18.0. The van der Waals surface area contributed by atoms with Crippen LogP contribution in [0.25, 0.3) is 0 Å². The third kappa shape index (κ3) is 5.66. The van der Waals surface area contributed by atoms with E-state index in [9.17, 15) is 4.79 Å². The molecule has 1 fully saturated rings. The first-order valence-corrected chi connectivity index (χ1v) is 8.79. The summed E-state index contributed by atoms with van der Waals surface area (Å²) >= 11 is 0. The molecule has 1 saturated carbocycles. The van der Waals surface area contributed by atoms with E-state index in [0.29, 0.717) is 12.5 Å². The molecule has 0 unspecified atom stereocenters. The van der Waals surface area contributed by atoms with Crippen LogP contribution in [0.2, 0.25) is 0 Å². The van der Waals surface area contributed by atoms with Gasteiger partial charge in [-0.05, 0) is 51.9 Å². The second-order valence-corrected chi connectivity index (χ2v) is 6.87. The maximum atomic E-state index is 12.2. The van der Waals surface area contributed by atoms with Crippen molar-refractivity contribution in [1.29, 1.82) is 0 Å². The van der Waals surface area contributed by atoms with Gasteiger partial charge in [0.2, 0.25) is 5.91 Å². The van der Waals surface area contributed by atoms with Gasteiger partial charge in [0.05, 0.1) is 18.3 Å². The van der Waals surface area contributed by atoms with Crippen molar-refractivity contribution in [1.82, 2.24) is 15.5 Å². The monoisotopic (exact) mass is 321 g/mol. The summed E-state index contributed by atoms with van der Waals surface area (Å²) in [7, 11) is 4.03. The lowest BCUT2D eigenvalue weighted by Gasteiger charge is -2.25. The smallest absolute Gasteiger partial charge is 0.236 e. The Balaban J connectivity index is 1.74. The third-order valence-electron chi connectivity index (χ3n) is 4.80. The summed E-state index contributed by atoms with van der Waals surface area (Å²) in [5, 5.41) is 6.43. The van der Waals surface area contributed by atoms with Crippen LogP contribution in [0, 0.1) is 5.92 Å². The van der Waals surface area contributed by atoms with Crippen molar-refractivity contribution in [2.45, 2.75) is 51.1 Å². The second kappa shape index (κ2) is 9.08. The minimum atomic E-state index is -0.198. The molecule has 2 N–H and O–H groups in total. The number of nitrogens with zero attached hydrogens (tertiary/aromatic N) is 1. The maximum absolute atomic E-state index is 12.2. The molecule has 23 heavy (non-hydrogen) atoms. The van der Waals surface area contributed by atoms with Gasteiger partial charge in [-0.1, -0.05) is 19.3 Å². The van der Waals surface area contributed by atoms with Crippen LogP contribution in [0.4, 0.5) is 0 Å². The van der Waals surface area contributed by atoms with Crippen molar-refractivity contribution < 1.29 is 9.21 Å². The summed E-state index contributed by atoms with van der Waals surface area (Å²) < 4.78 is 5.49. The molecule has 0 saturated heterocycles. The van der Waals surface area contributed by atoms with E-state index in [4.69, 9.17) is 4.42 Å². The fraction of sp³-hybridized carbons (Fsp3) is 0.722. The Labute approximate surface area is 139 Å². The molecule has 5 heteroatoms. The summed E-state index contributed by atoms with van der Waals surface area (Å²) in [6.07, 6.45) is 8.16. The second-order valence-electron chi connectivity index (χ2n) is 6.87. The number of carbonyl (C=O) groups excluding carboxylic acids is 1. The molecular weight excluding hydrogens is 290 g/mol. The van der Waals surface area contributed by atoms with Gasteiger partial charge in [-0.15, -0.1) is 0 Å². The Hall–Kier alpha value is -1.33. The lowest BCUT2D eigenvalue weighted by Crippen LogP contribution is -2.46. The van der Waals surface area contributed by atoms with E-state index in [1.807, 2.05) is 33.2 Å². The number of nitrogens with one attached hydrogen (secondary N) is 2. The van der Waals surface area contributed by atoms with Crippen molar-refractivity contribution in [3.05, 3.63) is 24.2 Å². The first-order valence-electron chi connectivity index (χ1n) is 8.79. The normalized spacial score (nSPS) is 18.8. The lowest BCUT2D eigenvalue weighted by atomic mass is 9.89. The van der Waals surface area contributed by atoms with Crippen LogP contribution in [-0.2, 0) is 4.79 Å². The average molecular weight is 321 g/mol. The summed E-state index contributed by atoms with van der Waals surface area (Å²) in [4.78, 5) is 14.3. The van der Waals surface area contributed by atoms with Crippen LogP contribution in [0.5, 0.6) is 0 Å². The maximum Gasteiger partial charge on any atom is 0.236 e. The van der Waals surface area contributed by atoms with E-state index in [-0.39, 0.29) is 18.0 Å². The van der Waals surface area contributed by atoms with Crippen molar-refractivity contribution in [3.63, 3.8) is 0 Å². The Morgan fingerprint density at radius 1 is 1.35 bits per heavy atom. The van der Waals surface area contributed by atoms with Gasteiger partial charge in [0.25, 0.3) is 0 Å². The minimum absolute atomic E-state index is 0.0903. The van der Waals surface area contributed by atoms with E-state index in [0.717, 1.165) is 12.3 Å². The first-order chi connectivity index (χ1) is 11.1. The number of hydrogen-bond donors (Lipinski definition) is 2. The van der Waals surface area contributed by atoms with E-state index in [1.54, 1.807) is 6.26 Å². The Morgan fingerprint density at radius 3 is 2.70 bits per heavy atom. The van der Waals surface area contributed by atoms with E-state index >= 15 is 0 Å². The highest BCUT2D eigenvalue weighted by Crippen LogP contribution is 2.22. The number of rotatable bonds is 8. The zero-order valence-corrected chi connectivity index (χ0v) is 14.7. The standard InChI is InChI=1S/C18H31N3O2/c1-14(18(22)20-12-15-8-5-4-6-9-15)19-13-16(21(2)3)17-10-7-11-23-17/h7,10-11,14-16,19H,4-6,8-9,12-13H2,1-3H3,(H,20,22)/t14-,16-/m0/s1. The van der Waals surface area contributed by atoms with Gasteiger partial charge in [-0.25, -0.2) is 0 Å². The molecule has 130 valence electrons. The quantitative estimate of drug-likeness (QED) is 0.772. The van der Waals surface area contributed by atoms with Crippen LogP contribution in [0.1, 0.15) is 50.8 Å². The van der Waals surface area contributed by atoms with Gasteiger partial charge < -0.3 is 15.1 Å². The molecule has 0 radical (unpaired) electrons. The van der Waals surface area contributed by atoms with Crippen LogP contribution in [0.15, 0.2) is 22.8 Å². The Morgan fingerprint density at radius 2 is 2.09 bits per heavy atom. The SMILES string of the molecule is C[C@H](NC[C@@H](c1ccco1)N(C)C)C(=O)NCC1CCCCC1. The highest BCUT2D eigenvalue weighted by molar-refractivity contribution is 5.81. The summed E-state index contributed by atoms with van der Waals surface area (Å²) in [6.45, 7) is 3.42. The van der Waals surface area contributed by atoms with Crippen LogP contribution < -0.4 is 10.6 Å². The average Bonchev–Trinajstić information content (AvgIpc) is 3.07. The van der Waals surface area contributed by atoms with Crippen molar-refractivity contribution in [2.24, 2.45) is 5.92 Å². The molecule has 0 bridgehead atoms. The van der Waals surface area contributed by atoms with Gasteiger partial charge in [0, 0.05) is 13.1 Å². The molecule has 1 aromatic rings. The van der Waals surface area contributed by atoms with Gasteiger partial charge in [0.15, 0.2) is 0 Å². The molecular formula is C18H31N3O2. The molecule has 1 aromatic heterocycles. The molecule has 1 aliphatic rings. The molecule has 0 spiro atoms. The van der Waals surface area contributed by atoms with Crippen molar-refractivity contribution >= 4 is 5.91 Å². The predicted octanol–water partition coefficient (Wildman–Crippen LogP) is 2.56. The molecule has 2 atom stereocenters. The van der Waals surface area contributed by atoms with Crippen LogP contribution in [0.3, 0.4) is 0 Å². The van der Waals surface area contributed by atoms with Crippen molar-refractivity contribution in [3.8, 4) is 0 Å². The molecule has 5 nitrogen and oxygen atoms in total. The summed E-state index contributed by atoms with van der Waals surface area (Å²) in [5.74, 6) is 1.67. The fourth-order valence-electron chi connectivity index (χ4n) is 3.19. The number of likely N-dealkylation sites (N-methyl/N-ethyl adjacent to an activating group) is 1. The largest absolute Gasteiger partial charge is 0.468 e. The Bertz CT molecular complexity index is 453. The number of carbonyl (C=O) groups is 1. The van der Waals surface area contributed by atoms with E-state index < -0.39 is 0 Å². The Kier molecular flexibility index (Phi) is 7.12. The zero-order chi connectivity index (χ0) is 16.7. The third-order valence-corrected chi connectivity index (χ3v) is 4.80. The van der Waals surface area contributed by atoms with E-state index in [2.05, 4.69) is 15.5 Å². The van der Waals surface area contributed by atoms with Gasteiger partial charge in [-0.2, -0.15) is 0 Å². The van der Waals surface area contributed by atoms with Crippen LogP contribution in [-0.4, -0.2) is 44.0 Å². The van der Waals surface area contributed by atoms with Crippen LogP contribution >= 0.6 is 0 Å². The fourth-order valence-corrected chi connectivity index (χ4v) is 3.19. The molecule has 0 aliphatic heterocycles. The molecule has 1 aliphatic carbocycles. The zero-order valence-electron chi connectivity index (χ0n) is 14.7. The highest BCUT2D eigenvalue weighted by atomic mass is 16.3. The predicted molar refractivity (Wildman–Crippen MR) is 92.2 cm³/mol. The highest BCUT2D eigenvalue weighted by Gasteiger charge is 2.21. The summed E-state index contributed by atoms with van der Waals surface area (Å²) in [6, 6.07) is 3.79. The minimum Gasteiger partial charge on any atom is -0.468 e. The molecule has 1 amide bonds. The number of hydrogen-bond acceptors (Lipinski definition) is 4. The number of amides is 1. The lowest BCUT2D eigenvalue weighted by molar-refractivity contribution is -0.123. The topological polar surface area (TPSA) is 57.5 Å². The van der Waals surface area contributed by atoms with Gasteiger partial charge >= 0.3 is 0 Å². The molecule has 2 rings (SSSR count). The van der Waals surface area contributed by atoms with Gasteiger partial charge in [-0.3, -0.25) is 9.69 Å². The molecule has 1 heterocycles. The van der Waals surface area contributed by atoms with E-state index in [1.165, 1.54) is 32.1 Å². The van der Waals surface area contributed by atoms with Crippen molar-refractivity contribution in [2.75, 3.05) is 27.2 Å².